The van der Waals surface area contributed by atoms with Gasteiger partial charge in [-0.3, -0.25) is 0 Å². The van der Waals surface area contributed by atoms with E-state index in [0.29, 0.717) is 11.7 Å². The van der Waals surface area contributed by atoms with E-state index >= 15 is 0 Å². The van der Waals surface area contributed by atoms with E-state index in [4.69, 9.17) is 14.6 Å². The second-order valence-electron chi connectivity index (χ2n) is 4.63. The molecule has 0 saturated heterocycles. The van der Waals surface area contributed by atoms with Crippen molar-refractivity contribution in [2.75, 3.05) is 6.61 Å². The summed E-state index contributed by atoms with van der Waals surface area (Å²) in [5.41, 5.74) is 1.37. The lowest BCUT2D eigenvalue weighted by Gasteiger charge is -2.16. The summed E-state index contributed by atoms with van der Waals surface area (Å²) in [4.78, 5) is 0. The molecule has 3 nitrogen and oxygen atoms in total. The predicted molar refractivity (Wildman–Crippen MR) is 63.6 cm³/mol. The first-order valence-corrected chi connectivity index (χ1v) is 5.87. The van der Waals surface area contributed by atoms with Gasteiger partial charge in [0.05, 0.1) is 0 Å². The van der Waals surface area contributed by atoms with Crippen molar-refractivity contribution in [2.45, 2.75) is 46.3 Å². The largest absolute Gasteiger partial charge is 0.459 e. The maximum absolute atomic E-state index is 8.84. The van der Waals surface area contributed by atoms with Crippen LogP contribution in [0.1, 0.15) is 40.0 Å². The van der Waals surface area contributed by atoms with Gasteiger partial charge in [-0.15, -0.1) is 0 Å². The highest BCUT2D eigenvalue weighted by Crippen LogP contribution is 2.22. The average molecular weight is 226 g/mol. The van der Waals surface area contributed by atoms with Crippen molar-refractivity contribution < 1.29 is 14.6 Å². The van der Waals surface area contributed by atoms with E-state index in [-0.39, 0.29) is 12.9 Å². The molecular formula is C13H22O3. The van der Waals surface area contributed by atoms with Gasteiger partial charge in [-0.05, 0) is 32.6 Å². The summed E-state index contributed by atoms with van der Waals surface area (Å²) >= 11 is 0. The Morgan fingerprint density at radius 2 is 2.31 bits per heavy atom. The Morgan fingerprint density at radius 3 is 2.88 bits per heavy atom. The monoisotopic (exact) mass is 226 g/mol. The third kappa shape index (κ3) is 4.71. The van der Waals surface area contributed by atoms with E-state index in [0.717, 1.165) is 19.3 Å². The second kappa shape index (κ2) is 6.59. The van der Waals surface area contributed by atoms with E-state index in [1.54, 1.807) is 0 Å². The highest BCUT2D eigenvalue weighted by Gasteiger charge is 2.20. The molecule has 0 aromatic rings. The predicted octanol–water partition coefficient (Wildman–Crippen LogP) is 2.97. The topological polar surface area (TPSA) is 38.7 Å². The van der Waals surface area contributed by atoms with Crippen LogP contribution >= 0.6 is 0 Å². The third-order valence-corrected chi connectivity index (χ3v) is 2.60. The molecule has 2 atom stereocenters. The Hall–Kier alpha value is -0.960. The Balaban J connectivity index is 2.16. The molecule has 0 fully saturated rings. The van der Waals surface area contributed by atoms with Crippen LogP contribution in [0.5, 0.6) is 0 Å². The summed E-state index contributed by atoms with van der Waals surface area (Å²) < 4.78 is 10.7. The Labute approximate surface area is 97.8 Å². The van der Waals surface area contributed by atoms with E-state index in [1.807, 2.05) is 0 Å². The highest BCUT2D eigenvalue weighted by atomic mass is 16.7. The first-order valence-electron chi connectivity index (χ1n) is 5.87. The Kier molecular flexibility index (Phi) is 5.39. The summed E-state index contributed by atoms with van der Waals surface area (Å²) in [5.74, 6) is 1.09. The maximum atomic E-state index is 8.84. The van der Waals surface area contributed by atoms with Crippen molar-refractivity contribution in [1.82, 2.24) is 0 Å². The number of rotatable bonds is 6. The molecule has 1 aliphatic rings. The summed E-state index contributed by atoms with van der Waals surface area (Å²) in [7, 11) is 0. The summed E-state index contributed by atoms with van der Waals surface area (Å²) in [6.45, 7) is 6.35. The third-order valence-electron chi connectivity index (χ3n) is 2.60. The average Bonchev–Trinajstić information content (AvgIpc) is 2.65. The molecule has 0 radical (unpaired) electrons. The molecule has 0 saturated carbocycles. The van der Waals surface area contributed by atoms with Crippen molar-refractivity contribution >= 4 is 0 Å². The van der Waals surface area contributed by atoms with Crippen molar-refractivity contribution in [3.8, 4) is 0 Å². The van der Waals surface area contributed by atoms with Gasteiger partial charge in [0.1, 0.15) is 12.9 Å². The SMILES string of the molecule is CC(C)=CCCC(C)C[C@H]1OC=C(CO)O1. The Bertz CT molecular complexity index is 264. The molecule has 0 aliphatic carbocycles. The van der Waals surface area contributed by atoms with Gasteiger partial charge in [-0.2, -0.15) is 0 Å². The minimum Gasteiger partial charge on any atom is -0.459 e. The lowest BCUT2D eigenvalue weighted by atomic mass is 10.0. The molecule has 0 bridgehead atoms. The van der Waals surface area contributed by atoms with Crippen LogP contribution in [0, 0.1) is 5.92 Å². The molecule has 16 heavy (non-hydrogen) atoms. The van der Waals surface area contributed by atoms with Gasteiger partial charge in [0.15, 0.2) is 5.76 Å². The van der Waals surface area contributed by atoms with Crippen molar-refractivity contribution in [2.24, 2.45) is 5.92 Å². The summed E-state index contributed by atoms with van der Waals surface area (Å²) in [6.07, 6.45) is 6.68. The molecule has 0 spiro atoms. The Morgan fingerprint density at radius 1 is 1.56 bits per heavy atom. The van der Waals surface area contributed by atoms with Gasteiger partial charge < -0.3 is 14.6 Å². The second-order valence-corrected chi connectivity index (χ2v) is 4.63. The molecular weight excluding hydrogens is 204 g/mol. The molecule has 1 heterocycles. The van der Waals surface area contributed by atoms with Gasteiger partial charge in [0.2, 0.25) is 6.29 Å². The smallest absolute Gasteiger partial charge is 0.240 e. The van der Waals surface area contributed by atoms with Crippen LogP contribution in [0.4, 0.5) is 0 Å². The molecule has 3 heteroatoms. The zero-order valence-corrected chi connectivity index (χ0v) is 10.4. The summed E-state index contributed by atoms with van der Waals surface area (Å²) in [5, 5.41) is 8.84. The van der Waals surface area contributed by atoms with Crippen molar-refractivity contribution in [3.05, 3.63) is 23.7 Å². The van der Waals surface area contributed by atoms with Crippen LogP contribution < -0.4 is 0 Å². The number of hydrogen-bond donors (Lipinski definition) is 1. The molecule has 1 aliphatic heterocycles. The van der Waals surface area contributed by atoms with Crippen LogP contribution in [-0.4, -0.2) is 18.0 Å². The van der Waals surface area contributed by atoms with Crippen LogP contribution in [0.25, 0.3) is 0 Å². The number of hydrogen-bond acceptors (Lipinski definition) is 3. The van der Waals surface area contributed by atoms with Crippen LogP contribution in [0.3, 0.4) is 0 Å². The highest BCUT2D eigenvalue weighted by molar-refractivity contribution is 4.94. The molecule has 0 aromatic heterocycles. The van der Waals surface area contributed by atoms with Crippen LogP contribution in [0.15, 0.2) is 23.7 Å². The van der Waals surface area contributed by atoms with Gasteiger partial charge in [0, 0.05) is 6.42 Å². The zero-order chi connectivity index (χ0) is 12.0. The van der Waals surface area contributed by atoms with E-state index in [9.17, 15) is 0 Å². The maximum Gasteiger partial charge on any atom is 0.240 e. The zero-order valence-electron chi connectivity index (χ0n) is 10.4. The molecule has 1 N–H and O–H groups in total. The molecule has 92 valence electrons. The summed E-state index contributed by atoms with van der Waals surface area (Å²) in [6, 6.07) is 0. The van der Waals surface area contributed by atoms with E-state index in [2.05, 4.69) is 26.8 Å². The number of aliphatic hydroxyl groups excluding tert-OH is 1. The van der Waals surface area contributed by atoms with Gasteiger partial charge in [0.25, 0.3) is 0 Å². The lowest BCUT2D eigenvalue weighted by Crippen LogP contribution is -2.13. The quantitative estimate of drug-likeness (QED) is 0.708. The minimum absolute atomic E-state index is 0.0807. The molecule has 1 rings (SSSR count). The fraction of sp³-hybridized carbons (Fsp3) is 0.692. The first-order chi connectivity index (χ1) is 7.61. The van der Waals surface area contributed by atoms with E-state index < -0.39 is 0 Å². The fourth-order valence-corrected chi connectivity index (χ4v) is 1.66. The lowest BCUT2D eigenvalue weighted by molar-refractivity contribution is -0.0513. The number of allylic oxidation sites excluding steroid dienone is 2. The standard InChI is InChI=1S/C13H22O3/c1-10(2)5-4-6-11(3)7-13-15-9-12(8-14)16-13/h5,9,11,13-14H,4,6-8H2,1-3H3/t11?,13-/m0/s1. The minimum atomic E-state index is -0.205. The van der Waals surface area contributed by atoms with E-state index in [1.165, 1.54) is 11.8 Å². The van der Waals surface area contributed by atoms with Crippen molar-refractivity contribution in [3.63, 3.8) is 0 Å². The normalized spacial score (nSPS) is 20.8. The van der Waals surface area contributed by atoms with Gasteiger partial charge in [-0.1, -0.05) is 18.6 Å². The van der Waals surface area contributed by atoms with Gasteiger partial charge >= 0.3 is 0 Å². The molecule has 0 amide bonds. The first kappa shape index (κ1) is 13.1. The number of ether oxygens (including phenoxy) is 2. The van der Waals surface area contributed by atoms with Gasteiger partial charge in [-0.25, -0.2) is 0 Å². The fourth-order valence-electron chi connectivity index (χ4n) is 1.66. The molecule has 1 unspecified atom stereocenters. The number of aliphatic hydroxyl groups is 1. The van der Waals surface area contributed by atoms with Crippen LogP contribution in [-0.2, 0) is 9.47 Å². The van der Waals surface area contributed by atoms with Crippen molar-refractivity contribution in [1.29, 1.82) is 0 Å². The molecule has 0 aromatic carbocycles. The van der Waals surface area contributed by atoms with Crippen LogP contribution in [0.2, 0.25) is 0 Å².